The molecule has 1 saturated heterocycles. The van der Waals surface area contributed by atoms with Crippen molar-refractivity contribution in [3.8, 4) is 0 Å². The van der Waals surface area contributed by atoms with E-state index in [4.69, 9.17) is 10.5 Å². The first kappa shape index (κ1) is 20.9. The molecule has 1 aliphatic rings. The van der Waals surface area contributed by atoms with Crippen molar-refractivity contribution < 1.29 is 18.7 Å². The second kappa shape index (κ2) is 9.39. The molecule has 0 radical (unpaired) electrons. The van der Waals surface area contributed by atoms with Gasteiger partial charge in [0.1, 0.15) is 11.9 Å². The van der Waals surface area contributed by atoms with E-state index >= 15 is 0 Å². The quantitative estimate of drug-likeness (QED) is 0.897. The Morgan fingerprint density at radius 3 is 2.36 bits per heavy atom. The Labute approximate surface area is 149 Å². The maximum atomic E-state index is 11.9. The van der Waals surface area contributed by atoms with Crippen molar-refractivity contribution in [2.75, 3.05) is 6.54 Å². The highest BCUT2D eigenvalue weighted by Crippen LogP contribution is 2.27. The Balaban J connectivity index is 0.000000370. The van der Waals surface area contributed by atoms with Crippen molar-refractivity contribution >= 4 is 12.0 Å². The van der Waals surface area contributed by atoms with Gasteiger partial charge in [0, 0.05) is 25.4 Å². The van der Waals surface area contributed by atoms with Crippen LogP contribution in [0.3, 0.4) is 0 Å². The number of carbonyl (C=O) groups excluding carboxylic acids is 2. The molecule has 2 unspecified atom stereocenters. The van der Waals surface area contributed by atoms with E-state index in [2.05, 4.69) is 20.8 Å². The zero-order valence-electron chi connectivity index (χ0n) is 15.5. The zero-order valence-corrected chi connectivity index (χ0v) is 15.5. The van der Waals surface area contributed by atoms with Crippen LogP contribution in [0, 0.1) is 11.2 Å². The molecule has 1 heterocycles. The molecule has 0 aliphatic carbocycles. The monoisotopic (exact) mass is 352 g/mol. The van der Waals surface area contributed by atoms with E-state index in [1.54, 1.807) is 23.1 Å². The molecule has 2 amide bonds. The largest absolute Gasteiger partial charge is 0.446 e. The number of hydrogen-bond donors (Lipinski definition) is 1. The van der Waals surface area contributed by atoms with E-state index in [9.17, 15) is 14.0 Å². The smallest absolute Gasteiger partial charge is 0.410 e. The van der Waals surface area contributed by atoms with E-state index in [0.29, 0.717) is 13.0 Å². The van der Waals surface area contributed by atoms with Crippen molar-refractivity contribution in [2.24, 2.45) is 11.1 Å². The molecule has 0 spiro atoms. The van der Waals surface area contributed by atoms with Crippen LogP contribution in [0.15, 0.2) is 30.3 Å². The minimum Gasteiger partial charge on any atom is -0.446 e. The molecular formula is C19H29FN2O3. The third-order valence-corrected chi connectivity index (χ3v) is 4.36. The minimum atomic E-state index is -0.350. The van der Waals surface area contributed by atoms with Gasteiger partial charge in [-0.25, -0.2) is 9.18 Å². The van der Waals surface area contributed by atoms with Gasteiger partial charge in [0.15, 0.2) is 0 Å². The molecule has 1 aromatic rings. The Bertz CT molecular complexity index is 558. The zero-order chi connectivity index (χ0) is 19.0. The third-order valence-electron chi connectivity index (χ3n) is 4.36. The standard InChI is InChI=1S/C13H24N2O3.C6H5F/c1-9(13(2,3)4)15-8-7-10(18-12(15)17)5-6-11(14)16;7-6-4-2-1-3-5-6/h9-10H,5-8H2,1-4H3,(H2,14,16);1-5H. The van der Waals surface area contributed by atoms with Crippen molar-refractivity contribution in [3.63, 3.8) is 0 Å². The van der Waals surface area contributed by atoms with Crippen molar-refractivity contribution in [1.29, 1.82) is 0 Å². The van der Waals surface area contributed by atoms with Gasteiger partial charge in [-0.2, -0.15) is 0 Å². The minimum absolute atomic E-state index is 0.0269. The molecule has 0 aromatic heterocycles. The number of amides is 2. The van der Waals surface area contributed by atoms with E-state index in [1.165, 1.54) is 12.1 Å². The maximum Gasteiger partial charge on any atom is 0.410 e. The second-order valence-corrected chi connectivity index (χ2v) is 7.33. The first-order valence-corrected chi connectivity index (χ1v) is 8.57. The summed E-state index contributed by atoms with van der Waals surface area (Å²) in [5.74, 6) is -0.529. The van der Waals surface area contributed by atoms with Gasteiger partial charge >= 0.3 is 6.09 Å². The topological polar surface area (TPSA) is 72.6 Å². The summed E-state index contributed by atoms with van der Waals surface area (Å²) in [7, 11) is 0. The normalized spacial score (nSPS) is 18.7. The van der Waals surface area contributed by atoms with E-state index < -0.39 is 0 Å². The summed E-state index contributed by atoms with van der Waals surface area (Å²) >= 11 is 0. The molecule has 1 aliphatic heterocycles. The average Bonchev–Trinajstić information content (AvgIpc) is 2.53. The number of primary amides is 1. The lowest BCUT2D eigenvalue weighted by Crippen LogP contribution is -2.51. The number of benzene rings is 1. The van der Waals surface area contributed by atoms with Crippen molar-refractivity contribution in [2.45, 2.75) is 59.1 Å². The fraction of sp³-hybridized carbons (Fsp3) is 0.579. The van der Waals surface area contributed by atoms with Crippen LogP contribution in [0.5, 0.6) is 0 Å². The molecule has 2 rings (SSSR count). The number of nitrogens with two attached hydrogens (primary N) is 1. The average molecular weight is 352 g/mol. The Kier molecular flexibility index (Phi) is 7.87. The van der Waals surface area contributed by atoms with Gasteiger partial charge in [-0.1, -0.05) is 39.0 Å². The van der Waals surface area contributed by atoms with Gasteiger partial charge in [-0.05, 0) is 30.9 Å². The summed E-state index contributed by atoms with van der Waals surface area (Å²) in [5, 5.41) is 0. The molecule has 6 heteroatoms. The highest BCUT2D eigenvalue weighted by atomic mass is 19.1. The van der Waals surface area contributed by atoms with Crippen molar-refractivity contribution in [3.05, 3.63) is 36.1 Å². The lowest BCUT2D eigenvalue weighted by molar-refractivity contribution is -0.118. The van der Waals surface area contributed by atoms with Crippen LogP contribution in [0.1, 0.15) is 47.0 Å². The number of ether oxygens (including phenoxy) is 1. The molecular weight excluding hydrogens is 323 g/mol. The van der Waals surface area contributed by atoms with Crippen LogP contribution in [0.2, 0.25) is 0 Å². The molecule has 1 aromatic carbocycles. The predicted octanol–water partition coefficient (Wildman–Crippen LogP) is 3.72. The molecule has 1 fully saturated rings. The number of nitrogens with zero attached hydrogens (tertiary/aromatic N) is 1. The van der Waals surface area contributed by atoms with Crippen LogP contribution in [-0.2, 0) is 9.53 Å². The summed E-state index contributed by atoms with van der Waals surface area (Å²) in [5.41, 5.74) is 5.11. The first-order valence-electron chi connectivity index (χ1n) is 8.57. The molecule has 140 valence electrons. The Morgan fingerprint density at radius 1 is 1.36 bits per heavy atom. The Hall–Kier alpha value is -2.11. The summed E-state index contributed by atoms with van der Waals surface area (Å²) in [4.78, 5) is 24.4. The van der Waals surface area contributed by atoms with Crippen molar-refractivity contribution in [1.82, 2.24) is 4.90 Å². The molecule has 25 heavy (non-hydrogen) atoms. The van der Waals surface area contributed by atoms with Gasteiger partial charge in [0.05, 0.1) is 0 Å². The summed E-state index contributed by atoms with van der Waals surface area (Å²) < 4.78 is 17.3. The number of carbonyl (C=O) groups is 2. The number of hydrogen-bond acceptors (Lipinski definition) is 3. The summed E-state index contributed by atoms with van der Waals surface area (Å²) in [6.45, 7) is 9.02. The third kappa shape index (κ3) is 7.54. The summed E-state index contributed by atoms with van der Waals surface area (Å²) in [6.07, 6.45) is 1.11. The highest BCUT2D eigenvalue weighted by molar-refractivity contribution is 5.74. The lowest BCUT2D eigenvalue weighted by Gasteiger charge is -2.41. The fourth-order valence-electron chi connectivity index (χ4n) is 2.38. The highest BCUT2D eigenvalue weighted by Gasteiger charge is 2.35. The maximum absolute atomic E-state index is 11.9. The van der Waals surface area contributed by atoms with Gasteiger partial charge in [-0.15, -0.1) is 0 Å². The van der Waals surface area contributed by atoms with Crippen LogP contribution < -0.4 is 5.73 Å². The number of rotatable bonds is 4. The fourth-order valence-corrected chi connectivity index (χ4v) is 2.38. The van der Waals surface area contributed by atoms with Gasteiger partial charge < -0.3 is 15.4 Å². The number of halogens is 1. The molecule has 0 bridgehead atoms. The van der Waals surface area contributed by atoms with E-state index in [1.807, 2.05) is 6.92 Å². The second-order valence-electron chi connectivity index (χ2n) is 7.33. The van der Waals surface area contributed by atoms with Crippen LogP contribution >= 0.6 is 0 Å². The SMILES string of the molecule is CC(N1CCC(CCC(N)=O)OC1=O)C(C)(C)C.Fc1ccccc1. The van der Waals surface area contributed by atoms with Crippen LogP contribution in [-0.4, -0.2) is 35.6 Å². The first-order chi connectivity index (χ1) is 11.6. The van der Waals surface area contributed by atoms with E-state index in [-0.39, 0.29) is 41.8 Å². The van der Waals surface area contributed by atoms with Crippen LogP contribution in [0.25, 0.3) is 0 Å². The van der Waals surface area contributed by atoms with Gasteiger partial charge in [-0.3, -0.25) is 4.79 Å². The van der Waals surface area contributed by atoms with Crippen LogP contribution in [0.4, 0.5) is 9.18 Å². The lowest BCUT2D eigenvalue weighted by atomic mass is 9.86. The molecule has 0 saturated carbocycles. The molecule has 5 nitrogen and oxygen atoms in total. The molecule has 2 atom stereocenters. The number of cyclic esters (lactones) is 1. The van der Waals surface area contributed by atoms with Gasteiger partial charge in [0.2, 0.25) is 5.91 Å². The molecule has 2 N–H and O–H groups in total. The predicted molar refractivity (Wildman–Crippen MR) is 95.3 cm³/mol. The Morgan fingerprint density at radius 2 is 1.96 bits per heavy atom. The van der Waals surface area contributed by atoms with Gasteiger partial charge in [0.25, 0.3) is 0 Å². The van der Waals surface area contributed by atoms with E-state index in [0.717, 1.165) is 6.42 Å². The summed E-state index contributed by atoms with van der Waals surface area (Å²) in [6, 6.07) is 8.07.